The lowest BCUT2D eigenvalue weighted by Gasteiger charge is -2.27. The van der Waals surface area contributed by atoms with Gasteiger partial charge < -0.3 is 10.2 Å². The molecule has 0 radical (unpaired) electrons. The zero-order valence-corrected chi connectivity index (χ0v) is 17.0. The number of amides is 2. The van der Waals surface area contributed by atoms with Gasteiger partial charge in [-0.15, -0.1) is 10.2 Å². The second kappa shape index (κ2) is 8.65. The number of rotatable bonds is 6. The molecule has 1 aliphatic heterocycles. The summed E-state index contributed by atoms with van der Waals surface area (Å²) in [6, 6.07) is 6.48. The van der Waals surface area contributed by atoms with E-state index in [4.69, 9.17) is 0 Å². The fraction of sp³-hybridized carbons (Fsp3) is 0.412. The van der Waals surface area contributed by atoms with Crippen molar-refractivity contribution in [2.24, 2.45) is 0 Å². The van der Waals surface area contributed by atoms with E-state index < -0.39 is 10.0 Å². The number of benzene rings is 1. The van der Waals surface area contributed by atoms with Crippen LogP contribution in [0.1, 0.15) is 43.0 Å². The van der Waals surface area contributed by atoms with Crippen LogP contribution in [-0.4, -0.2) is 48.4 Å². The van der Waals surface area contributed by atoms with Crippen LogP contribution in [0.15, 0.2) is 28.6 Å². The van der Waals surface area contributed by atoms with Gasteiger partial charge in [-0.1, -0.05) is 30.4 Å². The Morgan fingerprint density at radius 2 is 1.86 bits per heavy atom. The Balaban J connectivity index is 1.81. The van der Waals surface area contributed by atoms with Gasteiger partial charge in [0.2, 0.25) is 11.0 Å². The molecule has 1 aromatic heterocycles. The highest BCUT2D eigenvalue weighted by Gasteiger charge is 2.25. The number of piperidine rings is 1. The van der Waals surface area contributed by atoms with Crippen LogP contribution in [0, 0.1) is 0 Å². The number of nitrogens with zero attached hydrogens (tertiary/aromatic N) is 3. The molecule has 9 nitrogen and oxygen atoms in total. The molecule has 2 heterocycles. The summed E-state index contributed by atoms with van der Waals surface area (Å²) in [5, 5.41) is 9.90. The summed E-state index contributed by atoms with van der Waals surface area (Å²) in [7, 11) is -4.05. The number of aromatic nitrogens is 2. The van der Waals surface area contributed by atoms with E-state index in [1.54, 1.807) is 30.0 Å². The normalized spacial score (nSPS) is 14.5. The maximum absolute atomic E-state index is 12.8. The largest absolute Gasteiger partial charge is 0.339 e. The molecule has 150 valence electrons. The summed E-state index contributed by atoms with van der Waals surface area (Å²) < 4.78 is 27.5. The molecule has 1 aliphatic rings. The highest BCUT2D eigenvalue weighted by Crippen LogP contribution is 2.25. The highest BCUT2D eigenvalue weighted by molar-refractivity contribution is 7.94. The van der Waals surface area contributed by atoms with Gasteiger partial charge in [-0.25, -0.2) is 0 Å². The molecule has 1 aromatic carbocycles. The van der Waals surface area contributed by atoms with Crippen LogP contribution in [0.4, 0.5) is 10.8 Å². The third kappa shape index (κ3) is 4.65. The van der Waals surface area contributed by atoms with Gasteiger partial charge in [0, 0.05) is 19.5 Å². The van der Waals surface area contributed by atoms with Crippen molar-refractivity contribution in [2.75, 3.05) is 23.1 Å². The number of likely N-dealkylation sites (tertiary alicyclic amines) is 1. The minimum absolute atomic E-state index is 0.102. The number of hydrogen-bond donors (Lipinski definition) is 2. The second-order valence-corrected chi connectivity index (χ2v) is 9.11. The molecule has 11 heteroatoms. The third-order valence-electron chi connectivity index (χ3n) is 4.25. The van der Waals surface area contributed by atoms with Gasteiger partial charge in [0.25, 0.3) is 20.3 Å². The van der Waals surface area contributed by atoms with Gasteiger partial charge in [0.15, 0.2) is 0 Å². The van der Waals surface area contributed by atoms with Crippen LogP contribution in [0.2, 0.25) is 0 Å². The lowest BCUT2D eigenvalue weighted by molar-refractivity contribution is -0.115. The molecule has 0 spiro atoms. The van der Waals surface area contributed by atoms with Crippen molar-refractivity contribution in [1.29, 1.82) is 0 Å². The number of sulfonamides is 1. The van der Waals surface area contributed by atoms with E-state index in [0.29, 0.717) is 13.1 Å². The van der Waals surface area contributed by atoms with Crippen molar-refractivity contribution >= 4 is 44.0 Å². The van der Waals surface area contributed by atoms with Crippen molar-refractivity contribution in [3.63, 3.8) is 0 Å². The Kier molecular flexibility index (Phi) is 6.25. The van der Waals surface area contributed by atoms with Gasteiger partial charge >= 0.3 is 0 Å². The van der Waals surface area contributed by atoms with Crippen LogP contribution in [0.25, 0.3) is 0 Å². The monoisotopic (exact) mass is 423 g/mol. The Hall–Kier alpha value is -2.53. The van der Waals surface area contributed by atoms with E-state index >= 15 is 0 Å². The minimum Gasteiger partial charge on any atom is -0.339 e. The van der Waals surface area contributed by atoms with Gasteiger partial charge in [0.1, 0.15) is 0 Å². The van der Waals surface area contributed by atoms with Crippen LogP contribution < -0.4 is 10.0 Å². The van der Waals surface area contributed by atoms with Crippen LogP contribution in [-0.2, 0) is 14.8 Å². The Labute approximate surface area is 167 Å². The summed E-state index contributed by atoms with van der Waals surface area (Å²) in [4.78, 5) is 26.0. The first-order valence-corrected chi connectivity index (χ1v) is 11.2. The molecule has 2 N–H and O–H groups in total. The standard InChI is InChI=1S/C17H21N5O4S2/c1-2-14(23)18-16-19-20-17(27-16)28(25,26)21-13-9-5-4-8-12(13)15(24)22-10-6-3-7-11-22/h4-5,8-9,21H,2-3,6-7,10-11H2,1H3,(H,18,19,23). The first-order valence-electron chi connectivity index (χ1n) is 8.95. The molecule has 1 fully saturated rings. The molecular weight excluding hydrogens is 402 g/mol. The smallest absolute Gasteiger partial charge is 0.291 e. The zero-order chi connectivity index (χ0) is 20.1. The number of carbonyl (C=O) groups is 2. The van der Waals surface area contributed by atoms with Gasteiger partial charge in [-0.2, -0.15) is 8.42 Å². The molecule has 2 aromatic rings. The van der Waals surface area contributed by atoms with E-state index in [0.717, 1.165) is 30.6 Å². The van der Waals surface area contributed by atoms with E-state index in [-0.39, 0.29) is 39.0 Å². The van der Waals surface area contributed by atoms with E-state index in [9.17, 15) is 18.0 Å². The first-order chi connectivity index (χ1) is 13.4. The molecule has 1 saturated heterocycles. The number of hydrogen-bond acceptors (Lipinski definition) is 7. The Bertz CT molecular complexity index is 967. The minimum atomic E-state index is -4.05. The third-order valence-corrected chi connectivity index (χ3v) is 6.82. The SMILES string of the molecule is CCC(=O)Nc1nnc(S(=O)(=O)Nc2ccccc2C(=O)N2CCCCC2)s1. The molecule has 0 unspecified atom stereocenters. The molecule has 3 rings (SSSR count). The molecular formula is C17H21N5O4S2. The van der Waals surface area contributed by atoms with E-state index in [1.165, 1.54) is 6.07 Å². The average Bonchev–Trinajstić information content (AvgIpc) is 3.17. The van der Waals surface area contributed by atoms with Crippen LogP contribution in [0.5, 0.6) is 0 Å². The van der Waals surface area contributed by atoms with Gasteiger partial charge in [-0.3, -0.25) is 14.3 Å². The highest BCUT2D eigenvalue weighted by atomic mass is 32.2. The molecule has 0 bridgehead atoms. The van der Waals surface area contributed by atoms with Crippen molar-refractivity contribution in [2.45, 2.75) is 36.9 Å². The summed E-state index contributed by atoms with van der Waals surface area (Å²) in [6.45, 7) is 3.00. The summed E-state index contributed by atoms with van der Waals surface area (Å²) >= 11 is 0.745. The van der Waals surface area contributed by atoms with Gasteiger partial charge in [-0.05, 0) is 31.4 Å². The maximum atomic E-state index is 12.8. The van der Waals surface area contributed by atoms with Crippen LogP contribution in [0.3, 0.4) is 0 Å². The maximum Gasteiger partial charge on any atom is 0.291 e. The van der Waals surface area contributed by atoms with Crippen molar-refractivity contribution in [3.05, 3.63) is 29.8 Å². The number of anilines is 2. The molecule has 0 aliphatic carbocycles. The lowest BCUT2D eigenvalue weighted by Crippen LogP contribution is -2.36. The topological polar surface area (TPSA) is 121 Å². The average molecular weight is 424 g/mol. The Morgan fingerprint density at radius 1 is 1.14 bits per heavy atom. The predicted octanol–water partition coefficient (Wildman–Crippen LogP) is 2.31. The van der Waals surface area contributed by atoms with Crippen LogP contribution >= 0.6 is 11.3 Å². The van der Waals surface area contributed by atoms with E-state index in [1.807, 2.05) is 0 Å². The Morgan fingerprint density at radius 3 is 2.57 bits per heavy atom. The molecule has 28 heavy (non-hydrogen) atoms. The van der Waals surface area contributed by atoms with E-state index in [2.05, 4.69) is 20.2 Å². The number of para-hydroxylation sites is 1. The quantitative estimate of drug-likeness (QED) is 0.688. The zero-order valence-electron chi connectivity index (χ0n) is 15.3. The van der Waals surface area contributed by atoms with Gasteiger partial charge in [0.05, 0.1) is 11.3 Å². The number of carbonyl (C=O) groups excluding carboxylic acids is 2. The molecule has 0 atom stereocenters. The van der Waals surface area contributed by atoms with Crippen molar-refractivity contribution < 1.29 is 18.0 Å². The summed E-state index contributed by atoms with van der Waals surface area (Å²) in [5.74, 6) is -0.489. The number of nitrogens with one attached hydrogen (secondary N) is 2. The fourth-order valence-corrected chi connectivity index (χ4v) is 4.79. The summed E-state index contributed by atoms with van der Waals surface area (Å²) in [6.07, 6.45) is 3.21. The summed E-state index contributed by atoms with van der Waals surface area (Å²) in [5.41, 5.74) is 0.476. The fourth-order valence-electron chi connectivity index (χ4n) is 2.79. The van der Waals surface area contributed by atoms with Crippen molar-refractivity contribution in [3.8, 4) is 0 Å². The second-order valence-electron chi connectivity index (χ2n) is 6.28. The molecule has 0 saturated carbocycles. The first kappa shape index (κ1) is 20.2. The lowest BCUT2D eigenvalue weighted by atomic mass is 10.1. The molecule has 2 amide bonds. The predicted molar refractivity (Wildman–Crippen MR) is 106 cm³/mol. The van der Waals surface area contributed by atoms with Crippen molar-refractivity contribution in [1.82, 2.24) is 15.1 Å².